The van der Waals surface area contributed by atoms with E-state index in [-0.39, 0.29) is 23.8 Å². The van der Waals surface area contributed by atoms with Gasteiger partial charge in [-0.1, -0.05) is 30.3 Å². The number of ether oxygens (including phenoxy) is 1. The van der Waals surface area contributed by atoms with Crippen molar-refractivity contribution in [3.63, 3.8) is 0 Å². The van der Waals surface area contributed by atoms with E-state index < -0.39 is 5.97 Å². The van der Waals surface area contributed by atoms with Crippen LogP contribution in [0.4, 0.5) is 5.69 Å². The second kappa shape index (κ2) is 6.56. The number of hydrogen-bond donors (Lipinski definition) is 1. The van der Waals surface area contributed by atoms with E-state index in [0.29, 0.717) is 0 Å². The summed E-state index contributed by atoms with van der Waals surface area (Å²) >= 11 is 0. The van der Waals surface area contributed by atoms with E-state index in [9.17, 15) is 9.59 Å². The largest absolute Gasteiger partial charge is 0.483 e. The van der Waals surface area contributed by atoms with Gasteiger partial charge in [-0.2, -0.15) is 0 Å². The zero-order chi connectivity index (χ0) is 15.2. The van der Waals surface area contributed by atoms with Crippen LogP contribution in [-0.4, -0.2) is 30.6 Å². The Bertz CT molecular complexity index is 640. The quantitative estimate of drug-likeness (QED) is 0.916. The molecule has 2 aromatic carbocycles. The molecule has 0 aromatic heterocycles. The minimum atomic E-state index is -1.09. The minimum Gasteiger partial charge on any atom is -0.483 e. The number of carbonyl (C=O) groups is 2. The van der Waals surface area contributed by atoms with Gasteiger partial charge in [-0.25, -0.2) is 4.79 Å². The summed E-state index contributed by atoms with van der Waals surface area (Å²) in [4.78, 5) is 24.6. The summed E-state index contributed by atoms with van der Waals surface area (Å²) in [7, 11) is 1.64. The molecule has 2 aromatic rings. The summed E-state index contributed by atoms with van der Waals surface area (Å²) in [5.74, 6) is -1.17. The summed E-state index contributed by atoms with van der Waals surface area (Å²) in [5, 5.41) is 9.04. The lowest BCUT2D eigenvalue weighted by molar-refractivity contribution is -0.120. The van der Waals surface area contributed by atoms with Crippen LogP contribution in [0.25, 0.3) is 0 Å². The molecule has 0 radical (unpaired) electrons. The molecule has 0 saturated carbocycles. The highest BCUT2D eigenvalue weighted by molar-refractivity contribution is 5.94. The fraction of sp³-hybridized carbons (Fsp3) is 0.125. The number of para-hydroxylation sites is 2. The van der Waals surface area contributed by atoms with Gasteiger partial charge in [0.1, 0.15) is 11.3 Å². The number of nitrogens with zero attached hydrogens (tertiary/aromatic N) is 1. The molecule has 0 aliphatic carbocycles. The van der Waals surface area contributed by atoms with E-state index in [1.807, 2.05) is 30.3 Å². The Balaban J connectivity index is 2.03. The standard InChI is InChI=1S/C16H15NO4/c1-17(12-7-3-2-4-8-12)15(18)11-21-14-10-6-5-9-13(14)16(19)20/h2-10H,11H2,1H3,(H,19,20). The molecule has 0 aliphatic rings. The highest BCUT2D eigenvalue weighted by Crippen LogP contribution is 2.18. The molecule has 0 aliphatic heterocycles. The smallest absolute Gasteiger partial charge is 0.339 e. The van der Waals surface area contributed by atoms with E-state index in [4.69, 9.17) is 9.84 Å². The van der Waals surface area contributed by atoms with Crippen molar-refractivity contribution < 1.29 is 19.4 Å². The Labute approximate surface area is 122 Å². The Morgan fingerprint density at radius 1 is 1.05 bits per heavy atom. The van der Waals surface area contributed by atoms with Crippen molar-refractivity contribution in [2.75, 3.05) is 18.6 Å². The van der Waals surface area contributed by atoms with Crippen molar-refractivity contribution in [3.8, 4) is 5.75 Å². The molecule has 0 heterocycles. The minimum absolute atomic E-state index is 0.0349. The monoisotopic (exact) mass is 285 g/mol. The maximum atomic E-state index is 12.1. The van der Waals surface area contributed by atoms with Crippen LogP contribution >= 0.6 is 0 Å². The first-order chi connectivity index (χ1) is 10.1. The molecule has 0 bridgehead atoms. The number of anilines is 1. The van der Waals surface area contributed by atoms with E-state index in [1.54, 1.807) is 19.2 Å². The molecule has 0 saturated heterocycles. The van der Waals surface area contributed by atoms with E-state index in [2.05, 4.69) is 0 Å². The van der Waals surface area contributed by atoms with Gasteiger partial charge in [-0.05, 0) is 24.3 Å². The molecule has 108 valence electrons. The second-order valence-corrected chi connectivity index (χ2v) is 4.38. The average molecular weight is 285 g/mol. The number of likely N-dealkylation sites (N-methyl/N-ethyl adjacent to an activating group) is 1. The van der Waals surface area contributed by atoms with Gasteiger partial charge < -0.3 is 14.7 Å². The predicted molar refractivity (Wildman–Crippen MR) is 78.7 cm³/mol. The molecular formula is C16H15NO4. The molecule has 21 heavy (non-hydrogen) atoms. The molecule has 0 unspecified atom stereocenters. The van der Waals surface area contributed by atoms with Gasteiger partial charge in [-0.15, -0.1) is 0 Å². The van der Waals surface area contributed by atoms with Crippen LogP contribution in [-0.2, 0) is 4.79 Å². The van der Waals surface area contributed by atoms with Gasteiger partial charge in [0.25, 0.3) is 5.91 Å². The van der Waals surface area contributed by atoms with E-state index >= 15 is 0 Å². The number of carboxylic acids is 1. The molecule has 5 heteroatoms. The molecule has 1 amide bonds. The normalized spacial score (nSPS) is 9.95. The lowest BCUT2D eigenvalue weighted by atomic mass is 10.2. The van der Waals surface area contributed by atoms with Gasteiger partial charge in [0.05, 0.1) is 0 Å². The summed E-state index contributed by atoms with van der Waals surface area (Å²) < 4.78 is 5.33. The SMILES string of the molecule is CN(C(=O)COc1ccccc1C(=O)O)c1ccccc1. The third kappa shape index (κ3) is 3.60. The van der Waals surface area contributed by atoms with Crippen LogP contribution < -0.4 is 9.64 Å². The number of benzene rings is 2. The lowest BCUT2D eigenvalue weighted by Gasteiger charge is -2.17. The van der Waals surface area contributed by atoms with Crippen LogP contribution in [0.3, 0.4) is 0 Å². The highest BCUT2D eigenvalue weighted by atomic mass is 16.5. The van der Waals surface area contributed by atoms with Crippen molar-refractivity contribution in [3.05, 3.63) is 60.2 Å². The number of hydrogen-bond acceptors (Lipinski definition) is 3. The van der Waals surface area contributed by atoms with Crippen LogP contribution in [0.15, 0.2) is 54.6 Å². The fourth-order valence-corrected chi connectivity index (χ4v) is 1.80. The summed E-state index contributed by atoms with van der Waals surface area (Å²) in [6.45, 7) is -0.227. The number of carboxylic acid groups (broad SMARTS) is 1. The first kappa shape index (κ1) is 14.6. The Morgan fingerprint density at radius 3 is 2.33 bits per heavy atom. The Hall–Kier alpha value is -2.82. The van der Waals surface area contributed by atoms with Crippen LogP contribution in [0.2, 0.25) is 0 Å². The fourth-order valence-electron chi connectivity index (χ4n) is 1.80. The maximum Gasteiger partial charge on any atom is 0.339 e. The second-order valence-electron chi connectivity index (χ2n) is 4.38. The van der Waals surface area contributed by atoms with Gasteiger partial charge in [0.2, 0.25) is 0 Å². The van der Waals surface area contributed by atoms with Gasteiger partial charge in [0.15, 0.2) is 6.61 Å². The van der Waals surface area contributed by atoms with Crippen molar-refractivity contribution in [1.82, 2.24) is 0 Å². The number of rotatable bonds is 5. The van der Waals surface area contributed by atoms with E-state index in [0.717, 1.165) is 5.69 Å². The van der Waals surface area contributed by atoms with Crippen molar-refractivity contribution in [2.24, 2.45) is 0 Å². The zero-order valence-corrected chi connectivity index (χ0v) is 11.5. The number of amides is 1. The predicted octanol–water partition coefficient (Wildman–Crippen LogP) is 2.43. The zero-order valence-electron chi connectivity index (χ0n) is 11.5. The summed E-state index contributed by atoms with van der Waals surface area (Å²) in [6.07, 6.45) is 0. The molecule has 1 N–H and O–H groups in total. The summed E-state index contributed by atoms with van der Waals surface area (Å²) in [6, 6.07) is 15.4. The molecular weight excluding hydrogens is 270 g/mol. The maximum absolute atomic E-state index is 12.1. The molecule has 0 fully saturated rings. The molecule has 5 nitrogen and oxygen atoms in total. The van der Waals surface area contributed by atoms with Crippen molar-refractivity contribution >= 4 is 17.6 Å². The first-order valence-electron chi connectivity index (χ1n) is 6.36. The third-order valence-electron chi connectivity index (χ3n) is 2.99. The average Bonchev–Trinajstić information content (AvgIpc) is 2.52. The lowest BCUT2D eigenvalue weighted by Crippen LogP contribution is -2.31. The van der Waals surface area contributed by atoms with Gasteiger partial charge in [0, 0.05) is 12.7 Å². The first-order valence-corrected chi connectivity index (χ1v) is 6.36. The van der Waals surface area contributed by atoms with Gasteiger partial charge in [-0.3, -0.25) is 4.79 Å². The summed E-state index contributed by atoms with van der Waals surface area (Å²) in [5.41, 5.74) is 0.783. The topological polar surface area (TPSA) is 66.8 Å². The van der Waals surface area contributed by atoms with Crippen LogP contribution in [0, 0.1) is 0 Å². The van der Waals surface area contributed by atoms with Crippen molar-refractivity contribution in [1.29, 1.82) is 0 Å². The van der Waals surface area contributed by atoms with E-state index in [1.165, 1.54) is 17.0 Å². The molecule has 0 atom stereocenters. The molecule has 0 spiro atoms. The van der Waals surface area contributed by atoms with Crippen LogP contribution in [0.1, 0.15) is 10.4 Å². The van der Waals surface area contributed by atoms with Crippen molar-refractivity contribution in [2.45, 2.75) is 0 Å². The van der Waals surface area contributed by atoms with Crippen LogP contribution in [0.5, 0.6) is 5.75 Å². The number of aromatic carboxylic acids is 1. The number of carbonyl (C=O) groups excluding carboxylic acids is 1. The Kier molecular flexibility index (Phi) is 4.56. The highest BCUT2D eigenvalue weighted by Gasteiger charge is 2.14. The molecule has 2 rings (SSSR count). The van der Waals surface area contributed by atoms with Gasteiger partial charge >= 0.3 is 5.97 Å². The third-order valence-corrected chi connectivity index (χ3v) is 2.99. The Morgan fingerprint density at radius 2 is 1.67 bits per heavy atom.